The van der Waals surface area contributed by atoms with Crippen molar-refractivity contribution >= 4 is 23.2 Å². The molecule has 2 amide bonds. The van der Waals surface area contributed by atoms with Crippen molar-refractivity contribution in [3.8, 4) is 11.5 Å². The van der Waals surface area contributed by atoms with Crippen molar-refractivity contribution in [3.63, 3.8) is 0 Å². The van der Waals surface area contributed by atoms with Crippen LogP contribution in [0.5, 0.6) is 11.5 Å². The molecule has 4 N–H and O–H groups in total. The van der Waals surface area contributed by atoms with Crippen molar-refractivity contribution in [2.24, 2.45) is 0 Å². The number of aryl methyl sites for hydroxylation is 2. The fourth-order valence-corrected chi connectivity index (χ4v) is 1.93. The van der Waals surface area contributed by atoms with Crippen LogP contribution in [-0.2, 0) is 9.59 Å². The average Bonchev–Trinajstić information content (AvgIpc) is 2.46. The standard InChI is InChI=1S/C17H18N2O4/c1-10-3-5-12(7-14(10)20)18-16(22)9-17(23)19-13-6-4-11(2)15(21)8-13/h3-8,20-21H,9H2,1-2H3,(H,18,22)(H,19,23). The van der Waals surface area contributed by atoms with Crippen LogP contribution in [0.25, 0.3) is 0 Å². The van der Waals surface area contributed by atoms with Crippen LogP contribution in [0.15, 0.2) is 36.4 Å². The molecule has 2 aromatic carbocycles. The molecule has 0 heterocycles. The topological polar surface area (TPSA) is 98.7 Å². The molecule has 0 fully saturated rings. The van der Waals surface area contributed by atoms with E-state index in [1.165, 1.54) is 12.1 Å². The van der Waals surface area contributed by atoms with E-state index in [4.69, 9.17) is 0 Å². The molecule has 2 aromatic rings. The summed E-state index contributed by atoms with van der Waals surface area (Å²) in [6, 6.07) is 9.46. The molecule has 0 aliphatic carbocycles. The van der Waals surface area contributed by atoms with Gasteiger partial charge in [-0.1, -0.05) is 12.1 Å². The Bertz CT molecular complexity index is 693. The monoisotopic (exact) mass is 314 g/mol. The molecule has 0 aliphatic heterocycles. The maximum absolute atomic E-state index is 11.8. The molecule has 0 saturated carbocycles. The second-order valence-electron chi connectivity index (χ2n) is 5.28. The molecule has 2 rings (SSSR count). The van der Waals surface area contributed by atoms with Gasteiger partial charge in [-0.25, -0.2) is 0 Å². The summed E-state index contributed by atoms with van der Waals surface area (Å²) < 4.78 is 0. The van der Waals surface area contributed by atoms with E-state index in [2.05, 4.69) is 10.6 Å². The summed E-state index contributed by atoms with van der Waals surface area (Å²) in [6.07, 6.45) is -0.372. The number of phenolic OH excluding ortho intramolecular Hbond substituents is 2. The molecule has 6 heteroatoms. The van der Waals surface area contributed by atoms with Crippen LogP contribution in [0.2, 0.25) is 0 Å². The first-order valence-corrected chi connectivity index (χ1v) is 7.04. The summed E-state index contributed by atoms with van der Waals surface area (Å²) in [7, 11) is 0. The van der Waals surface area contributed by atoms with Crippen LogP contribution < -0.4 is 10.6 Å². The number of carbonyl (C=O) groups is 2. The van der Waals surface area contributed by atoms with Crippen LogP contribution in [0.3, 0.4) is 0 Å². The first-order chi connectivity index (χ1) is 10.8. The third-order valence-electron chi connectivity index (χ3n) is 3.31. The highest BCUT2D eigenvalue weighted by Gasteiger charge is 2.11. The second kappa shape index (κ2) is 6.83. The number of anilines is 2. The van der Waals surface area contributed by atoms with Crippen molar-refractivity contribution in [2.45, 2.75) is 20.3 Å². The van der Waals surface area contributed by atoms with E-state index in [0.717, 1.165) is 0 Å². The second-order valence-corrected chi connectivity index (χ2v) is 5.28. The van der Waals surface area contributed by atoms with Gasteiger partial charge in [0.25, 0.3) is 0 Å². The Morgan fingerprint density at radius 2 is 1.22 bits per heavy atom. The van der Waals surface area contributed by atoms with E-state index in [1.807, 2.05) is 0 Å². The van der Waals surface area contributed by atoms with Gasteiger partial charge >= 0.3 is 0 Å². The number of phenols is 2. The third kappa shape index (κ3) is 4.47. The largest absolute Gasteiger partial charge is 0.508 e. The van der Waals surface area contributed by atoms with E-state index < -0.39 is 11.8 Å². The number of hydrogen-bond acceptors (Lipinski definition) is 4. The van der Waals surface area contributed by atoms with E-state index in [1.54, 1.807) is 38.1 Å². The van der Waals surface area contributed by atoms with Gasteiger partial charge in [0.2, 0.25) is 11.8 Å². The fraction of sp³-hybridized carbons (Fsp3) is 0.176. The number of aromatic hydroxyl groups is 2. The number of benzene rings is 2. The summed E-state index contributed by atoms with van der Waals surface area (Å²) >= 11 is 0. The molecule has 0 unspecified atom stereocenters. The SMILES string of the molecule is Cc1ccc(NC(=O)CC(=O)Nc2ccc(C)c(O)c2)cc1O. The highest BCUT2D eigenvalue weighted by Crippen LogP contribution is 2.22. The lowest BCUT2D eigenvalue weighted by Crippen LogP contribution is -2.21. The molecule has 0 aliphatic rings. The maximum Gasteiger partial charge on any atom is 0.233 e. The average molecular weight is 314 g/mol. The predicted octanol–water partition coefficient (Wildman–Crippen LogP) is 2.68. The van der Waals surface area contributed by atoms with Gasteiger partial charge in [0.05, 0.1) is 0 Å². The van der Waals surface area contributed by atoms with Crippen LogP contribution in [0.4, 0.5) is 11.4 Å². The van der Waals surface area contributed by atoms with Crippen molar-refractivity contribution in [1.29, 1.82) is 0 Å². The van der Waals surface area contributed by atoms with Crippen molar-refractivity contribution in [1.82, 2.24) is 0 Å². The van der Waals surface area contributed by atoms with Crippen LogP contribution in [-0.4, -0.2) is 22.0 Å². The van der Waals surface area contributed by atoms with Gasteiger partial charge in [-0.15, -0.1) is 0 Å². The quantitative estimate of drug-likeness (QED) is 0.652. The van der Waals surface area contributed by atoms with E-state index in [-0.39, 0.29) is 17.9 Å². The van der Waals surface area contributed by atoms with Crippen molar-refractivity contribution in [3.05, 3.63) is 47.5 Å². The number of amides is 2. The van der Waals surface area contributed by atoms with E-state index >= 15 is 0 Å². The fourth-order valence-electron chi connectivity index (χ4n) is 1.93. The molecule has 6 nitrogen and oxygen atoms in total. The summed E-state index contributed by atoms with van der Waals surface area (Å²) in [6.45, 7) is 3.48. The van der Waals surface area contributed by atoms with Crippen LogP contribution in [0, 0.1) is 13.8 Å². The summed E-state index contributed by atoms with van der Waals surface area (Å²) in [5.41, 5.74) is 2.22. The minimum absolute atomic E-state index is 0.0717. The Balaban J connectivity index is 1.92. The highest BCUT2D eigenvalue weighted by atomic mass is 16.3. The zero-order valence-electron chi connectivity index (χ0n) is 12.9. The number of rotatable bonds is 4. The van der Waals surface area contributed by atoms with E-state index in [0.29, 0.717) is 22.5 Å². The smallest absolute Gasteiger partial charge is 0.233 e. The molecule has 0 bridgehead atoms. The first-order valence-electron chi connectivity index (χ1n) is 7.04. The van der Waals surface area contributed by atoms with Gasteiger partial charge in [-0.05, 0) is 37.1 Å². The lowest BCUT2D eigenvalue weighted by atomic mass is 10.2. The molecule has 0 saturated heterocycles. The van der Waals surface area contributed by atoms with Gasteiger partial charge in [0.15, 0.2) is 0 Å². The van der Waals surface area contributed by atoms with Gasteiger partial charge in [-0.2, -0.15) is 0 Å². The third-order valence-corrected chi connectivity index (χ3v) is 3.31. The lowest BCUT2D eigenvalue weighted by molar-refractivity contribution is -0.123. The molecule has 0 spiro atoms. The molecule has 23 heavy (non-hydrogen) atoms. The first kappa shape index (κ1) is 16.4. The van der Waals surface area contributed by atoms with Crippen LogP contribution >= 0.6 is 0 Å². The molecule has 0 atom stereocenters. The van der Waals surface area contributed by atoms with Crippen LogP contribution in [0.1, 0.15) is 17.5 Å². The Labute approximate surface area is 133 Å². The number of hydrogen-bond donors (Lipinski definition) is 4. The Kier molecular flexibility index (Phi) is 4.85. The molecule has 120 valence electrons. The zero-order chi connectivity index (χ0) is 17.0. The minimum Gasteiger partial charge on any atom is -0.508 e. The lowest BCUT2D eigenvalue weighted by Gasteiger charge is -2.08. The van der Waals surface area contributed by atoms with Crippen molar-refractivity contribution in [2.75, 3.05) is 10.6 Å². The Morgan fingerprint density at radius 3 is 1.57 bits per heavy atom. The minimum atomic E-state index is -0.498. The molecular weight excluding hydrogens is 296 g/mol. The summed E-state index contributed by atoms with van der Waals surface area (Å²) in [5, 5.41) is 24.2. The number of nitrogens with one attached hydrogen (secondary N) is 2. The van der Waals surface area contributed by atoms with Gasteiger partial charge in [0, 0.05) is 23.5 Å². The van der Waals surface area contributed by atoms with Gasteiger partial charge in [-0.3, -0.25) is 9.59 Å². The number of carbonyl (C=O) groups excluding carboxylic acids is 2. The Hall–Kier alpha value is -3.02. The normalized spacial score (nSPS) is 10.2. The van der Waals surface area contributed by atoms with Gasteiger partial charge in [0.1, 0.15) is 17.9 Å². The molecule has 0 aromatic heterocycles. The van der Waals surface area contributed by atoms with Gasteiger partial charge < -0.3 is 20.8 Å². The summed E-state index contributed by atoms with van der Waals surface area (Å²) in [4.78, 5) is 23.7. The highest BCUT2D eigenvalue weighted by molar-refractivity contribution is 6.08. The molecular formula is C17H18N2O4. The van der Waals surface area contributed by atoms with Crippen molar-refractivity contribution < 1.29 is 19.8 Å². The maximum atomic E-state index is 11.8. The summed E-state index contributed by atoms with van der Waals surface area (Å²) in [5.74, 6) is -0.853. The predicted molar refractivity (Wildman–Crippen MR) is 87.6 cm³/mol. The Morgan fingerprint density at radius 1 is 0.826 bits per heavy atom. The zero-order valence-corrected chi connectivity index (χ0v) is 12.9. The molecule has 0 radical (unpaired) electrons. The van der Waals surface area contributed by atoms with E-state index in [9.17, 15) is 19.8 Å².